The summed E-state index contributed by atoms with van der Waals surface area (Å²) >= 11 is 0. The van der Waals surface area contributed by atoms with Gasteiger partial charge in [-0.1, -0.05) is 60.7 Å². The van der Waals surface area contributed by atoms with Crippen molar-refractivity contribution < 1.29 is 0 Å². The van der Waals surface area contributed by atoms with Crippen molar-refractivity contribution in [2.45, 2.75) is 25.4 Å². The molecule has 23 heavy (non-hydrogen) atoms. The largest absolute Gasteiger partial charge is 0.306 e. The van der Waals surface area contributed by atoms with Gasteiger partial charge in [0, 0.05) is 19.1 Å². The van der Waals surface area contributed by atoms with Crippen molar-refractivity contribution in [3.8, 4) is 0 Å². The highest BCUT2D eigenvalue weighted by atomic mass is 15.1. The smallest absolute Gasteiger partial charge is 0.0233 e. The summed E-state index contributed by atoms with van der Waals surface area (Å²) in [5, 5.41) is 0. The molecule has 2 aromatic carbocycles. The molecule has 0 bridgehead atoms. The van der Waals surface area contributed by atoms with Gasteiger partial charge in [0.15, 0.2) is 0 Å². The fourth-order valence-corrected chi connectivity index (χ4v) is 2.67. The zero-order chi connectivity index (χ0) is 16.5. The Morgan fingerprint density at radius 2 is 1.39 bits per heavy atom. The Bertz CT molecular complexity index is 538. The second kappa shape index (κ2) is 9.49. The van der Waals surface area contributed by atoms with Crippen LogP contribution in [-0.2, 0) is 13.0 Å². The summed E-state index contributed by atoms with van der Waals surface area (Å²) in [6, 6.07) is 21.6. The molecule has 0 aliphatic rings. The van der Waals surface area contributed by atoms with Gasteiger partial charge in [-0.15, -0.1) is 0 Å². The molecule has 0 N–H and O–H groups in total. The van der Waals surface area contributed by atoms with Crippen LogP contribution in [0, 0.1) is 6.92 Å². The number of rotatable bonds is 9. The van der Waals surface area contributed by atoms with Crippen LogP contribution in [0.4, 0.5) is 0 Å². The molecule has 2 heteroatoms. The summed E-state index contributed by atoms with van der Waals surface area (Å²) in [7, 11) is 4.36. The second-order valence-electron chi connectivity index (χ2n) is 6.38. The first-order valence-corrected chi connectivity index (χ1v) is 8.45. The van der Waals surface area contributed by atoms with Crippen molar-refractivity contribution in [3.63, 3.8) is 0 Å². The number of hydrogen-bond acceptors (Lipinski definition) is 2. The fourth-order valence-electron chi connectivity index (χ4n) is 2.67. The van der Waals surface area contributed by atoms with E-state index in [4.69, 9.17) is 0 Å². The van der Waals surface area contributed by atoms with Gasteiger partial charge in [0.1, 0.15) is 0 Å². The van der Waals surface area contributed by atoms with Crippen LogP contribution in [0.2, 0.25) is 0 Å². The fraction of sp³-hybridized carbons (Fsp3) is 0.381. The molecule has 0 saturated carbocycles. The van der Waals surface area contributed by atoms with Gasteiger partial charge in [-0.25, -0.2) is 0 Å². The molecule has 0 aliphatic heterocycles. The van der Waals surface area contributed by atoms with Crippen LogP contribution < -0.4 is 0 Å². The summed E-state index contributed by atoms with van der Waals surface area (Å²) in [6.07, 6.45) is 2.20. The van der Waals surface area contributed by atoms with Crippen molar-refractivity contribution in [2.75, 3.05) is 27.2 Å². The third-order valence-electron chi connectivity index (χ3n) is 4.37. The molecule has 2 rings (SSSR count). The number of benzene rings is 2. The summed E-state index contributed by atoms with van der Waals surface area (Å²) in [5.74, 6) is 0. The number of likely N-dealkylation sites (N-methyl/N-ethyl adjacent to an activating group) is 1. The zero-order valence-corrected chi connectivity index (χ0v) is 14.5. The van der Waals surface area contributed by atoms with E-state index in [0.29, 0.717) is 6.04 Å². The van der Waals surface area contributed by atoms with E-state index in [2.05, 4.69) is 91.5 Å². The first-order valence-electron chi connectivity index (χ1n) is 8.45. The minimum atomic E-state index is 0.342. The SMILES string of the molecule is [CH2]C(CCN(C)CCc1ccccc1)N(C)Cc1ccccc1. The maximum atomic E-state index is 4.32. The molecule has 0 aliphatic carbocycles. The molecule has 123 valence electrons. The molecular formula is C21H29N2. The predicted octanol–water partition coefficient (Wildman–Crippen LogP) is 3.89. The summed E-state index contributed by atoms with van der Waals surface area (Å²) in [4.78, 5) is 4.74. The lowest BCUT2D eigenvalue weighted by molar-refractivity contribution is 0.229. The minimum Gasteiger partial charge on any atom is -0.306 e. The first kappa shape index (κ1) is 17.7. The maximum absolute atomic E-state index is 4.32. The molecule has 0 saturated heterocycles. The zero-order valence-electron chi connectivity index (χ0n) is 14.5. The molecule has 0 aromatic heterocycles. The van der Waals surface area contributed by atoms with Gasteiger partial charge in [-0.05, 0) is 51.5 Å². The van der Waals surface area contributed by atoms with Gasteiger partial charge in [-0.3, -0.25) is 4.90 Å². The van der Waals surface area contributed by atoms with Gasteiger partial charge in [0.25, 0.3) is 0 Å². The van der Waals surface area contributed by atoms with Gasteiger partial charge in [0.2, 0.25) is 0 Å². The lowest BCUT2D eigenvalue weighted by Gasteiger charge is -2.27. The van der Waals surface area contributed by atoms with Crippen molar-refractivity contribution in [2.24, 2.45) is 0 Å². The van der Waals surface area contributed by atoms with Crippen LogP contribution in [0.1, 0.15) is 17.5 Å². The molecule has 0 amide bonds. The average Bonchev–Trinajstić information content (AvgIpc) is 2.59. The Balaban J connectivity index is 1.67. The highest BCUT2D eigenvalue weighted by molar-refractivity contribution is 5.15. The van der Waals surface area contributed by atoms with E-state index in [9.17, 15) is 0 Å². The Hall–Kier alpha value is -1.64. The molecule has 0 fully saturated rings. The van der Waals surface area contributed by atoms with Crippen LogP contribution in [0.25, 0.3) is 0 Å². The third-order valence-corrected chi connectivity index (χ3v) is 4.37. The third kappa shape index (κ3) is 6.55. The van der Waals surface area contributed by atoms with Crippen LogP contribution in [-0.4, -0.2) is 43.0 Å². The van der Waals surface area contributed by atoms with Crippen molar-refractivity contribution in [3.05, 3.63) is 78.7 Å². The quantitative estimate of drug-likeness (QED) is 0.693. The second-order valence-corrected chi connectivity index (χ2v) is 6.38. The predicted molar refractivity (Wildman–Crippen MR) is 99.3 cm³/mol. The van der Waals surface area contributed by atoms with Crippen molar-refractivity contribution >= 4 is 0 Å². The highest BCUT2D eigenvalue weighted by Crippen LogP contribution is 2.09. The van der Waals surface area contributed by atoms with E-state index in [-0.39, 0.29) is 0 Å². The lowest BCUT2D eigenvalue weighted by atomic mass is 10.1. The standard InChI is InChI=1S/C21H29N2/c1-19(23(3)18-21-12-8-5-9-13-21)14-16-22(2)17-15-20-10-6-4-7-11-20/h4-13,19H,1,14-18H2,2-3H3. The molecule has 0 spiro atoms. The van der Waals surface area contributed by atoms with Gasteiger partial charge in [0.05, 0.1) is 0 Å². The van der Waals surface area contributed by atoms with E-state index in [1.165, 1.54) is 11.1 Å². The topological polar surface area (TPSA) is 6.48 Å². The van der Waals surface area contributed by atoms with E-state index < -0.39 is 0 Å². The van der Waals surface area contributed by atoms with Crippen molar-refractivity contribution in [1.82, 2.24) is 9.80 Å². The summed E-state index contributed by atoms with van der Waals surface area (Å²) in [5.41, 5.74) is 2.76. The Morgan fingerprint density at radius 3 is 2.00 bits per heavy atom. The Kier molecular flexibility index (Phi) is 7.31. The number of hydrogen-bond donors (Lipinski definition) is 0. The normalized spacial score (nSPS) is 12.7. The molecule has 0 heterocycles. The lowest BCUT2D eigenvalue weighted by Crippen LogP contribution is -2.33. The molecule has 1 radical (unpaired) electrons. The molecule has 2 nitrogen and oxygen atoms in total. The van der Waals surface area contributed by atoms with Crippen LogP contribution in [0.15, 0.2) is 60.7 Å². The minimum absolute atomic E-state index is 0.342. The van der Waals surface area contributed by atoms with Gasteiger partial charge >= 0.3 is 0 Å². The van der Waals surface area contributed by atoms with E-state index in [0.717, 1.165) is 32.5 Å². The highest BCUT2D eigenvalue weighted by Gasteiger charge is 2.11. The van der Waals surface area contributed by atoms with Crippen LogP contribution >= 0.6 is 0 Å². The number of nitrogens with zero attached hydrogens (tertiary/aromatic N) is 2. The van der Waals surface area contributed by atoms with Gasteiger partial charge in [-0.2, -0.15) is 0 Å². The summed E-state index contributed by atoms with van der Waals surface area (Å²) < 4.78 is 0. The Labute approximate surface area is 141 Å². The van der Waals surface area contributed by atoms with Crippen molar-refractivity contribution in [1.29, 1.82) is 0 Å². The molecule has 2 aromatic rings. The summed E-state index contributed by atoms with van der Waals surface area (Å²) in [6.45, 7) is 7.46. The van der Waals surface area contributed by atoms with E-state index >= 15 is 0 Å². The van der Waals surface area contributed by atoms with E-state index in [1.807, 2.05) is 0 Å². The van der Waals surface area contributed by atoms with Crippen LogP contribution in [0.3, 0.4) is 0 Å². The van der Waals surface area contributed by atoms with Gasteiger partial charge < -0.3 is 4.90 Å². The molecule has 1 unspecified atom stereocenters. The Morgan fingerprint density at radius 1 is 0.826 bits per heavy atom. The monoisotopic (exact) mass is 309 g/mol. The van der Waals surface area contributed by atoms with E-state index in [1.54, 1.807) is 0 Å². The average molecular weight is 309 g/mol. The molecule has 1 atom stereocenters. The molecular weight excluding hydrogens is 280 g/mol. The first-order chi connectivity index (χ1) is 11.1. The van der Waals surface area contributed by atoms with Crippen LogP contribution in [0.5, 0.6) is 0 Å². The maximum Gasteiger partial charge on any atom is 0.0233 e.